The van der Waals surface area contributed by atoms with Gasteiger partial charge in [-0.2, -0.15) is 0 Å². The molecule has 14 heavy (non-hydrogen) atoms. The second-order valence-electron chi connectivity index (χ2n) is 2.41. The first kappa shape index (κ1) is 12.1. The topological polar surface area (TPSA) is 125 Å². The Labute approximate surface area is 80.6 Å². The lowest BCUT2D eigenvalue weighted by Crippen LogP contribution is -2.27. The smallest absolute Gasteiger partial charge is 0.318 e. The molecule has 0 spiro atoms. The lowest BCUT2D eigenvalue weighted by atomic mass is 10.2. The van der Waals surface area contributed by atoms with Gasteiger partial charge in [0, 0.05) is 7.05 Å². The van der Waals surface area contributed by atoms with Gasteiger partial charge >= 0.3 is 5.70 Å². The van der Waals surface area contributed by atoms with Crippen LogP contribution in [0.4, 0.5) is 0 Å². The van der Waals surface area contributed by atoms with Crippen molar-refractivity contribution in [2.45, 2.75) is 13.3 Å². The molecule has 0 unspecified atom stereocenters. The van der Waals surface area contributed by atoms with Gasteiger partial charge in [-0.25, -0.2) is 0 Å². The summed E-state index contributed by atoms with van der Waals surface area (Å²) in [6.45, 7) is 1.67. The SMILES string of the molecule is CCC(=NC)/C(=C(\N)C(N)=O)[N+](=O)[O-]. The van der Waals surface area contributed by atoms with Gasteiger partial charge in [0.1, 0.15) is 5.71 Å². The normalized spacial score (nSPS) is 13.4. The van der Waals surface area contributed by atoms with Gasteiger partial charge < -0.3 is 11.5 Å². The van der Waals surface area contributed by atoms with E-state index in [1.807, 2.05) is 0 Å². The van der Waals surface area contributed by atoms with Gasteiger partial charge in [-0.05, 0) is 6.42 Å². The van der Waals surface area contributed by atoms with Gasteiger partial charge in [-0.3, -0.25) is 19.9 Å². The van der Waals surface area contributed by atoms with Crippen LogP contribution >= 0.6 is 0 Å². The molecule has 0 heterocycles. The first-order chi connectivity index (χ1) is 6.45. The number of carbonyl (C=O) groups excluding carboxylic acids is 1. The minimum Gasteiger partial charge on any atom is -0.389 e. The van der Waals surface area contributed by atoms with E-state index in [0.717, 1.165) is 0 Å². The number of primary amides is 1. The maximum atomic E-state index is 10.7. The van der Waals surface area contributed by atoms with E-state index in [2.05, 4.69) is 4.99 Å². The third kappa shape index (κ3) is 2.54. The van der Waals surface area contributed by atoms with Crippen LogP contribution in [0.1, 0.15) is 13.3 Å². The molecule has 0 saturated carbocycles. The summed E-state index contributed by atoms with van der Waals surface area (Å²) in [6.07, 6.45) is 0.306. The predicted octanol–water partition coefficient (Wildman–Crippen LogP) is -0.600. The predicted molar refractivity (Wildman–Crippen MR) is 51.1 cm³/mol. The average molecular weight is 200 g/mol. The Morgan fingerprint density at radius 2 is 2.00 bits per heavy atom. The molecule has 0 atom stereocenters. The summed E-state index contributed by atoms with van der Waals surface area (Å²) in [5.41, 5.74) is 9.10. The highest BCUT2D eigenvalue weighted by atomic mass is 16.6. The monoisotopic (exact) mass is 200 g/mol. The van der Waals surface area contributed by atoms with Crippen LogP contribution in [0.15, 0.2) is 16.4 Å². The quantitative estimate of drug-likeness (QED) is 0.272. The summed E-state index contributed by atoms with van der Waals surface area (Å²) in [5.74, 6) is -1.02. The van der Waals surface area contributed by atoms with E-state index in [4.69, 9.17) is 11.5 Å². The molecule has 0 radical (unpaired) electrons. The van der Waals surface area contributed by atoms with Gasteiger partial charge in [0.2, 0.25) is 0 Å². The number of aliphatic imine (C=N–C) groups is 1. The molecule has 0 aromatic heterocycles. The van der Waals surface area contributed by atoms with Gasteiger partial charge in [0.05, 0.1) is 4.92 Å². The fourth-order valence-electron chi connectivity index (χ4n) is 0.907. The molecule has 0 rings (SSSR count). The van der Waals surface area contributed by atoms with Gasteiger partial charge in [-0.1, -0.05) is 6.92 Å². The summed E-state index contributed by atoms with van der Waals surface area (Å²) in [4.78, 5) is 24.1. The van der Waals surface area contributed by atoms with Gasteiger partial charge in [0.15, 0.2) is 5.70 Å². The molecule has 0 saturated heterocycles. The number of nitrogens with two attached hydrogens (primary N) is 2. The van der Waals surface area contributed by atoms with E-state index in [1.165, 1.54) is 7.05 Å². The Morgan fingerprint density at radius 3 is 2.21 bits per heavy atom. The largest absolute Gasteiger partial charge is 0.389 e. The minimum atomic E-state index is -1.02. The first-order valence-corrected chi connectivity index (χ1v) is 3.85. The Kier molecular flexibility index (Phi) is 4.27. The van der Waals surface area contributed by atoms with Crippen molar-refractivity contribution in [1.29, 1.82) is 0 Å². The summed E-state index contributed by atoms with van der Waals surface area (Å²) >= 11 is 0. The molecule has 0 aromatic rings. The fourth-order valence-corrected chi connectivity index (χ4v) is 0.907. The summed E-state index contributed by atoms with van der Waals surface area (Å²) in [7, 11) is 1.39. The number of allylic oxidation sites excluding steroid dienone is 1. The number of amides is 1. The lowest BCUT2D eigenvalue weighted by Gasteiger charge is -2.02. The molecule has 1 amide bonds. The molecule has 0 aliphatic heterocycles. The van der Waals surface area contributed by atoms with Crippen molar-refractivity contribution in [3.05, 3.63) is 21.5 Å². The molecule has 7 heteroatoms. The second kappa shape index (κ2) is 4.95. The summed E-state index contributed by atoms with van der Waals surface area (Å²) in [6, 6.07) is 0. The van der Waals surface area contributed by atoms with Crippen LogP contribution in [0.25, 0.3) is 0 Å². The Morgan fingerprint density at radius 1 is 1.50 bits per heavy atom. The molecule has 78 valence electrons. The molecule has 0 aliphatic carbocycles. The number of nitro groups is 1. The molecular formula is C7H12N4O3. The Hall–Kier alpha value is -1.92. The standard InChI is InChI=1S/C7H12N4O3/c1-3-4(10-2)6(11(13)14)5(8)7(9)12/h3,8H2,1-2H3,(H2,9,12)/b6-5+,10-4?. The molecule has 0 bridgehead atoms. The second-order valence-corrected chi connectivity index (χ2v) is 2.41. The Balaban J connectivity index is 5.47. The van der Waals surface area contributed by atoms with E-state index < -0.39 is 22.2 Å². The highest BCUT2D eigenvalue weighted by Crippen LogP contribution is 2.06. The minimum absolute atomic E-state index is 0.145. The zero-order valence-corrected chi connectivity index (χ0v) is 7.98. The van der Waals surface area contributed by atoms with Crippen molar-refractivity contribution < 1.29 is 9.72 Å². The van der Waals surface area contributed by atoms with Crippen LogP contribution in [0, 0.1) is 10.1 Å². The van der Waals surface area contributed by atoms with E-state index in [1.54, 1.807) is 6.92 Å². The van der Waals surface area contributed by atoms with Gasteiger partial charge in [0.25, 0.3) is 5.91 Å². The van der Waals surface area contributed by atoms with Crippen LogP contribution in [-0.4, -0.2) is 23.6 Å². The molecule has 7 nitrogen and oxygen atoms in total. The van der Waals surface area contributed by atoms with Crippen molar-refractivity contribution >= 4 is 11.6 Å². The lowest BCUT2D eigenvalue weighted by molar-refractivity contribution is -0.416. The molecule has 0 aromatic carbocycles. The number of hydrogen-bond donors (Lipinski definition) is 2. The number of nitrogens with zero attached hydrogens (tertiary/aromatic N) is 2. The summed E-state index contributed by atoms with van der Waals surface area (Å²) in [5, 5.41) is 10.6. The number of hydrogen-bond acceptors (Lipinski definition) is 5. The van der Waals surface area contributed by atoms with Crippen molar-refractivity contribution in [3.63, 3.8) is 0 Å². The maximum absolute atomic E-state index is 10.7. The summed E-state index contributed by atoms with van der Waals surface area (Å²) < 4.78 is 0. The molecule has 4 N–H and O–H groups in total. The van der Waals surface area contributed by atoms with E-state index >= 15 is 0 Å². The highest BCUT2D eigenvalue weighted by molar-refractivity contribution is 6.05. The molecule has 0 fully saturated rings. The number of carbonyl (C=O) groups is 1. The van der Waals surface area contributed by atoms with E-state index in [0.29, 0.717) is 6.42 Å². The van der Waals surface area contributed by atoms with Crippen LogP contribution in [0.2, 0.25) is 0 Å². The van der Waals surface area contributed by atoms with Crippen LogP contribution in [-0.2, 0) is 4.79 Å². The van der Waals surface area contributed by atoms with Crippen molar-refractivity contribution in [3.8, 4) is 0 Å². The average Bonchev–Trinajstić information content (AvgIpc) is 2.12. The van der Waals surface area contributed by atoms with Gasteiger partial charge in [-0.15, -0.1) is 0 Å². The maximum Gasteiger partial charge on any atom is 0.318 e. The van der Waals surface area contributed by atoms with E-state index in [9.17, 15) is 14.9 Å². The van der Waals surface area contributed by atoms with Crippen LogP contribution < -0.4 is 11.5 Å². The van der Waals surface area contributed by atoms with Crippen molar-refractivity contribution in [1.82, 2.24) is 0 Å². The van der Waals surface area contributed by atoms with Crippen LogP contribution in [0.5, 0.6) is 0 Å². The third-order valence-corrected chi connectivity index (χ3v) is 1.58. The molecule has 0 aliphatic rings. The fraction of sp³-hybridized carbons (Fsp3) is 0.429. The van der Waals surface area contributed by atoms with Crippen molar-refractivity contribution in [2.75, 3.05) is 7.05 Å². The highest BCUT2D eigenvalue weighted by Gasteiger charge is 2.24. The van der Waals surface area contributed by atoms with E-state index in [-0.39, 0.29) is 5.71 Å². The molecular weight excluding hydrogens is 188 g/mol. The van der Waals surface area contributed by atoms with Crippen molar-refractivity contribution in [2.24, 2.45) is 16.5 Å². The third-order valence-electron chi connectivity index (χ3n) is 1.58. The zero-order valence-electron chi connectivity index (χ0n) is 7.98. The number of rotatable bonds is 4. The first-order valence-electron chi connectivity index (χ1n) is 3.85. The van der Waals surface area contributed by atoms with Crippen LogP contribution in [0.3, 0.4) is 0 Å². The Bertz CT molecular complexity index is 319. The zero-order chi connectivity index (χ0) is 11.3.